The van der Waals surface area contributed by atoms with Crippen LogP contribution in [0.25, 0.3) is 123 Å². The van der Waals surface area contributed by atoms with Gasteiger partial charge in [-0.2, -0.15) is 9.97 Å². The quantitative estimate of drug-likeness (QED) is 0.152. The topological polar surface area (TPSA) is 74.3 Å². The van der Waals surface area contributed by atoms with Crippen molar-refractivity contribution in [1.29, 1.82) is 0 Å². The Bertz CT molecular complexity index is 3950. The van der Waals surface area contributed by atoms with Crippen LogP contribution in [0, 0.1) is 0 Å². The minimum atomic E-state index is 0.541. The third-order valence-electron chi connectivity index (χ3n) is 12.8. The van der Waals surface area contributed by atoms with Gasteiger partial charge in [-0.3, -0.25) is 4.57 Å². The molecule has 4 heterocycles. The zero-order valence-electron chi connectivity index (χ0n) is 36.6. The third-order valence-corrected chi connectivity index (χ3v) is 12.8. The number of fused-ring (bicyclic) bond motifs is 7. The Morgan fingerprint density at radius 3 is 1.32 bits per heavy atom. The van der Waals surface area contributed by atoms with E-state index in [0.717, 1.165) is 99.6 Å². The molecule has 0 radical (unpaired) electrons. The van der Waals surface area contributed by atoms with Gasteiger partial charge in [0.15, 0.2) is 17.5 Å². The van der Waals surface area contributed by atoms with Gasteiger partial charge in [0.25, 0.3) is 0 Å². The Kier molecular flexibility index (Phi) is 9.35. The van der Waals surface area contributed by atoms with E-state index in [4.69, 9.17) is 24.9 Å². The molecule has 0 unspecified atom stereocenters. The molecule has 318 valence electrons. The second kappa shape index (κ2) is 16.3. The third kappa shape index (κ3) is 6.64. The van der Waals surface area contributed by atoms with Gasteiger partial charge in [-0.25, -0.2) is 15.0 Å². The van der Waals surface area contributed by atoms with Crippen LogP contribution in [0.5, 0.6) is 0 Å². The summed E-state index contributed by atoms with van der Waals surface area (Å²) in [5.41, 5.74) is 13.8. The smallest absolute Gasteiger partial charge is 0.238 e. The molecule has 9 aromatic carbocycles. The molecular weight excluding hydrogens is 831 g/mol. The number of para-hydroxylation sites is 2. The zero-order chi connectivity index (χ0) is 45.0. The minimum absolute atomic E-state index is 0.541. The summed E-state index contributed by atoms with van der Waals surface area (Å²) in [7, 11) is 0. The van der Waals surface area contributed by atoms with Crippen LogP contribution in [0.1, 0.15) is 0 Å². The van der Waals surface area contributed by atoms with Crippen LogP contribution in [-0.4, -0.2) is 34.1 Å². The number of hydrogen-bond donors (Lipinski definition) is 0. The molecule has 0 amide bonds. The Balaban J connectivity index is 1.07. The summed E-state index contributed by atoms with van der Waals surface area (Å²) in [6.45, 7) is 0. The molecule has 0 N–H and O–H groups in total. The first kappa shape index (κ1) is 39.1. The molecular formula is C61H39N7. The first-order valence-corrected chi connectivity index (χ1v) is 22.8. The second-order valence-electron chi connectivity index (χ2n) is 16.9. The molecule has 0 atom stereocenters. The zero-order valence-corrected chi connectivity index (χ0v) is 36.6. The average Bonchev–Trinajstić information content (AvgIpc) is 3.95. The van der Waals surface area contributed by atoms with Gasteiger partial charge in [0.1, 0.15) is 0 Å². The van der Waals surface area contributed by atoms with Crippen LogP contribution in [0.3, 0.4) is 0 Å². The van der Waals surface area contributed by atoms with Gasteiger partial charge in [-0.15, -0.1) is 0 Å². The van der Waals surface area contributed by atoms with E-state index in [1.807, 2.05) is 72.8 Å². The molecule has 0 spiro atoms. The van der Waals surface area contributed by atoms with E-state index in [9.17, 15) is 0 Å². The van der Waals surface area contributed by atoms with Crippen LogP contribution in [-0.2, 0) is 0 Å². The summed E-state index contributed by atoms with van der Waals surface area (Å²) in [4.78, 5) is 26.3. The van der Waals surface area contributed by atoms with E-state index in [-0.39, 0.29) is 0 Å². The maximum Gasteiger partial charge on any atom is 0.238 e. The van der Waals surface area contributed by atoms with Gasteiger partial charge in [0.2, 0.25) is 5.95 Å². The summed E-state index contributed by atoms with van der Waals surface area (Å²) in [5, 5.41) is 4.47. The lowest BCUT2D eigenvalue weighted by Gasteiger charge is -2.15. The molecule has 7 heteroatoms. The summed E-state index contributed by atoms with van der Waals surface area (Å²) >= 11 is 0. The monoisotopic (exact) mass is 869 g/mol. The largest absolute Gasteiger partial charge is 0.307 e. The van der Waals surface area contributed by atoms with E-state index < -0.39 is 0 Å². The predicted octanol–water partition coefficient (Wildman–Crippen LogP) is 14.9. The molecule has 0 fully saturated rings. The minimum Gasteiger partial charge on any atom is -0.307 e. The van der Waals surface area contributed by atoms with E-state index in [1.165, 1.54) is 0 Å². The molecule has 0 aliphatic rings. The fourth-order valence-electron chi connectivity index (χ4n) is 9.70. The normalized spacial score (nSPS) is 11.5. The molecule has 4 aromatic heterocycles. The maximum absolute atomic E-state index is 5.38. The van der Waals surface area contributed by atoms with Gasteiger partial charge in [0, 0.05) is 55.0 Å². The van der Waals surface area contributed by atoms with Crippen LogP contribution in [0.2, 0.25) is 0 Å². The van der Waals surface area contributed by atoms with Gasteiger partial charge < -0.3 is 4.57 Å². The highest BCUT2D eigenvalue weighted by Crippen LogP contribution is 2.42. The number of nitrogens with zero attached hydrogens (tertiary/aromatic N) is 7. The van der Waals surface area contributed by atoms with Crippen LogP contribution in [0.15, 0.2) is 237 Å². The van der Waals surface area contributed by atoms with Crippen LogP contribution in [0.4, 0.5) is 0 Å². The lowest BCUT2D eigenvalue weighted by Crippen LogP contribution is -2.07. The second-order valence-corrected chi connectivity index (χ2v) is 16.9. The summed E-state index contributed by atoms with van der Waals surface area (Å²) in [6, 6.07) is 82.1. The summed E-state index contributed by atoms with van der Waals surface area (Å²) in [5.74, 6) is 2.41. The molecule has 0 saturated carbocycles. The van der Waals surface area contributed by atoms with E-state index >= 15 is 0 Å². The first-order chi connectivity index (χ1) is 33.7. The molecule has 7 nitrogen and oxygen atoms in total. The van der Waals surface area contributed by atoms with Crippen LogP contribution >= 0.6 is 0 Å². The van der Waals surface area contributed by atoms with Gasteiger partial charge in [0.05, 0.1) is 33.5 Å². The lowest BCUT2D eigenvalue weighted by atomic mass is 9.98. The summed E-state index contributed by atoms with van der Waals surface area (Å²) < 4.78 is 4.63. The highest BCUT2D eigenvalue weighted by Gasteiger charge is 2.24. The standard InChI is InChI=1S/C61H39N7/c1-5-20-40(21-6-1)46-30-13-14-33-51(46)60-62-52(41-22-7-2-8-23-41)39-53(63-60)44-28-19-29-45(38-44)67-54-34-17-15-31-47(54)49-36-37-50-48-32-16-18-35-55(48)68(57(50)56(49)67)61-65-58(42-24-9-3-10-25-42)64-59(66-61)43-26-11-4-12-27-43/h1-39H. The molecule has 0 bridgehead atoms. The fraction of sp³-hybridized carbons (Fsp3) is 0. The maximum atomic E-state index is 5.38. The highest BCUT2D eigenvalue weighted by molar-refractivity contribution is 6.23. The van der Waals surface area contributed by atoms with Crippen molar-refractivity contribution in [2.24, 2.45) is 0 Å². The van der Waals surface area contributed by atoms with Crippen molar-refractivity contribution in [2.45, 2.75) is 0 Å². The van der Waals surface area contributed by atoms with Gasteiger partial charge in [-0.1, -0.05) is 206 Å². The molecule has 68 heavy (non-hydrogen) atoms. The van der Waals surface area contributed by atoms with E-state index in [1.54, 1.807) is 0 Å². The van der Waals surface area contributed by atoms with Crippen molar-refractivity contribution in [3.8, 4) is 79.4 Å². The molecule has 0 saturated heterocycles. The van der Waals surface area contributed by atoms with Gasteiger partial charge >= 0.3 is 0 Å². The number of rotatable bonds is 8. The Morgan fingerprint density at radius 1 is 0.265 bits per heavy atom. The molecule has 13 rings (SSSR count). The average molecular weight is 870 g/mol. The summed E-state index contributed by atoms with van der Waals surface area (Å²) in [6.07, 6.45) is 0. The SMILES string of the molecule is c1ccc(-c2cc(-c3cccc(-n4c5ccccc5c5ccc6c7ccccc7n(-c7nc(-c8ccccc8)nc(-c8ccccc8)n7)c6c54)c3)nc(-c3ccccc3-c3ccccc3)n2)cc1. The Morgan fingerprint density at radius 2 is 0.721 bits per heavy atom. The van der Waals surface area contributed by atoms with Gasteiger partial charge in [-0.05, 0) is 41.5 Å². The van der Waals surface area contributed by atoms with Crippen molar-refractivity contribution >= 4 is 43.6 Å². The number of hydrogen-bond acceptors (Lipinski definition) is 5. The predicted molar refractivity (Wildman–Crippen MR) is 277 cm³/mol. The van der Waals surface area contributed by atoms with Crippen LogP contribution < -0.4 is 0 Å². The lowest BCUT2D eigenvalue weighted by molar-refractivity contribution is 0.953. The molecule has 0 aliphatic heterocycles. The molecule has 0 aliphatic carbocycles. The Labute approximate surface area is 392 Å². The van der Waals surface area contributed by atoms with Crippen molar-refractivity contribution in [3.05, 3.63) is 237 Å². The van der Waals surface area contributed by atoms with Crippen molar-refractivity contribution in [2.75, 3.05) is 0 Å². The highest BCUT2D eigenvalue weighted by atomic mass is 15.2. The van der Waals surface area contributed by atoms with Crippen molar-refractivity contribution < 1.29 is 0 Å². The van der Waals surface area contributed by atoms with Crippen molar-refractivity contribution in [3.63, 3.8) is 0 Å². The van der Waals surface area contributed by atoms with E-state index in [2.05, 4.69) is 173 Å². The Hall–Kier alpha value is -9.33. The fourth-order valence-corrected chi connectivity index (χ4v) is 9.70. The number of benzene rings is 9. The van der Waals surface area contributed by atoms with Crippen molar-refractivity contribution in [1.82, 2.24) is 34.1 Å². The first-order valence-electron chi connectivity index (χ1n) is 22.8. The van der Waals surface area contributed by atoms with E-state index in [0.29, 0.717) is 23.4 Å². The molecule has 13 aromatic rings. The number of aromatic nitrogens is 7.